The van der Waals surface area contributed by atoms with Crippen LogP contribution in [0.5, 0.6) is 0 Å². The van der Waals surface area contributed by atoms with Crippen LogP contribution < -0.4 is 10.6 Å². The van der Waals surface area contributed by atoms with Crippen molar-refractivity contribution in [2.24, 2.45) is 5.73 Å². The lowest BCUT2D eigenvalue weighted by Crippen LogP contribution is -2.44. The van der Waals surface area contributed by atoms with E-state index < -0.39 is 17.4 Å². The van der Waals surface area contributed by atoms with Crippen LogP contribution in [0.1, 0.15) is 40.9 Å². The number of primary amides is 1. The highest BCUT2D eigenvalue weighted by Crippen LogP contribution is 2.49. The highest BCUT2D eigenvalue weighted by molar-refractivity contribution is 6.33. The van der Waals surface area contributed by atoms with Crippen LogP contribution in [0.4, 0.5) is 5.69 Å². The van der Waals surface area contributed by atoms with Crippen molar-refractivity contribution in [3.05, 3.63) is 63.7 Å². The lowest BCUT2D eigenvalue weighted by molar-refractivity contribution is -0.132. The monoisotopic (exact) mass is 415 g/mol. The molecule has 29 heavy (non-hydrogen) atoms. The fourth-order valence-corrected chi connectivity index (χ4v) is 4.30. The predicted octanol–water partition coefficient (Wildman–Crippen LogP) is 2.67. The van der Waals surface area contributed by atoms with Crippen LogP contribution in [0.15, 0.2) is 36.4 Å². The van der Waals surface area contributed by atoms with Crippen LogP contribution in [0.25, 0.3) is 0 Å². The van der Waals surface area contributed by atoms with Crippen molar-refractivity contribution in [2.45, 2.75) is 26.4 Å². The van der Waals surface area contributed by atoms with Crippen LogP contribution in [-0.2, 0) is 10.4 Å². The van der Waals surface area contributed by atoms with E-state index in [2.05, 4.69) is 18.7 Å². The zero-order valence-corrected chi connectivity index (χ0v) is 17.7. The van der Waals surface area contributed by atoms with E-state index in [-0.39, 0.29) is 10.6 Å². The van der Waals surface area contributed by atoms with Gasteiger partial charge in [-0.1, -0.05) is 49.7 Å². The summed E-state index contributed by atoms with van der Waals surface area (Å²) in [5, 5.41) is 11.9. The van der Waals surface area contributed by atoms with Gasteiger partial charge in [0, 0.05) is 29.8 Å². The number of carbonyl (C=O) groups excluding carboxylic acids is 2. The quantitative estimate of drug-likeness (QED) is 0.727. The van der Waals surface area contributed by atoms with Crippen molar-refractivity contribution < 1.29 is 14.7 Å². The summed E-state index contributed by atoms with van der Waals surface area (Å²) in [7, 11) is 0. The van der Waals surface area contributed by atoms with Gasteiger partial charge < -0.3 is 20.6 Å². The first-order valence-corrected chi connectivity index (χ1v) is 10.1. The van der Waals surface area contributed by atoms with Gasteiger partial charge >= 0.3 is 0 Å². The fraction of sp³-hybridized carbons (Fsp3) is 0.364. The number of nitrogens with zero attached hydrogens (tertiary/aromatic N) is 2. The number of halogens is 1. The molecule has 0 fully saturated rings. The first kappa shape index (κ1) is 21.3. The third-order valence-electron chi connectivity index (χ3n) is 5.63. The minimum Gasteiger partial charge on any atom is -0.372 e. The van der Waals surface area contributed by atoms with E-state index >= 15 is 0 Å². The minimum absolute atomic E-state index is 0.140. The summed E-state index contributed by atoms with van der Waals surface area (Å²) in [6.07, 6.45) is 0. The standard InChI is InChI=1S/C22H26ClN3O3/c1-4-25(5-2)10-11-26-18-13-15(20(24)27)12-17(23)19(18)22(29,21(26)28)16-9-7-6-8-14(16)3/h6-9,12-13,29H,4-5,10-11H2,1-3H3,(H2,24,27). The van der Waals surface area contributed by atoms with E-state index in [1.165, 1.54) is 11.0 Å². The Bertz CT molecular complexity index is 958. The number of aliphatic hydroxyl groups is 1. The Morgan fingerprint density at radius 3 is 2.48 bits per heavy atom. The summed E-state index contributed by atoms with van der Waals surface area (Å²) in [5.74, 6) is -1.12. The summed E-state index contributed by atoms with van der Waals surface area (Å²) in [5.41, 5.74) is 5.70. The molecule has 0 bridgehead atoms. The molecular weight excluding hydrogens is 390 g/mol. The molecule has 2 aromatic rings. The van der Waals surface area contributed by atoms with Crippen molar-refractivity contribution >= 4 is 29.1 Å². The number of aryl methyl sites for hydroxylation is 1. The number of hydrogen-bond donors (Lipinski definition) is 2. The first-order chi connectivity index (χ1) is 13.7. The van der Waals surface area contributed by atoms with Crippen LogP contribution in [0, 0.1) is 6.92 Å². The van der Waals surface area contributed by atoms with Gasteiger partial charge in [0.25, 0.3) is 5.91 Å². The Hall–Kier alpha value is -2.41. The molecule has 0 saturated carbocycles. The zero-order chi connectivity index (χ0) is 21.3. The second-order valence-electron chi connectivity index (χ2n) is 7.23. The number of anilines is 1. The van der Waals surface area contributed by atoms with Gasteiger partial charge in [0.2, 0.25) is 5.91 Å². The van der Waals surface area contributed by atoms with E-state index in [0.717, 1.165) is 18.7 Å². The van der Waals surface area contributed by atoms with E-state index in [9.17, 15) is 14.7 Å². The van der Waals surface area contributed by atoms with Crippen molar-refractivity contribution in [3.8, 4) is 0 Å². The summed E-state index contributed by atoms with van der Waals surface area (Å²) in [6, 6.07) is 10.1. The summed E-state index contributed by atoms with van der Waals surface area (Å²) in [4.78, 5) is 29.0. The largest absolute Gasteiger partial charge is 0.372 e. The maximum Gasteiger partial charge on any atom is 0.268 e. The van der Waals surface area contributed by atoms with E-state index in [1.54, 1.807) is 18.2 Å². The Kier molecular flexibility index (Phi) is 5.98. The maximum absolute atomic E-state index is 13.5. The van der Waals surface area contributed by atoms with E-state index in [4.69, 9.17) is 17.3 Å². The molecule has 2 aromatic carbocycles. The van der Waals surface area contributed by atoms with Crippen LogP contribution in [-0.4, -0.2) is 48.0 Å². The molecule has 2 amide bonds. The maximum atomic E-state index is 13.5. The molecule has 154 valence electrons. The Morgan fingerprint density at radius 1 is 1.24 bits per heavy atom. The van der Waals surface area contributed by atoms with Crippen LogP contribution in [0.3, 0.4) is 0 Å². The molecule has 1 unspecified atom stereocenters. The minimum atomic E-state index is -1.92. The molecule has 1 atom stereocenters. The molecule has 0 spiro atoms. The topological polar surface area (TPSA) is 86.9 Å². The summed E-state index contributed by atoms with van der Waals surface area (Å²) >= 11 is 6.50. The van der Waals surface area contributed by atoms with E-state index in [1.807, 2.05) is 19.1 Å². The highest BCUT2D eigenvalue weighted by Gasteiger charge is 2.53. The Balaban J connectivity index is 2.19. The number of rotatable bonds is 7. The molecule has 0 radical (unpaired) electrons. The third kappa shape index (κ3) is 3.52. The first-order valence-electron chi connectivity index (χ1n) is 9.72. The second-order valence-corrected chi connectivity index (χ2v) is 7.63. The third-order valence-corrected chi connectivity index (χ3v) is 5.93. The van der Waals surface area contributed by atoms with Crippen LogP contribution >= 0.6 is 11.6 Å². The highest BCUT2D eigenvalue weighted by atomic mass is 35.5. The number of carbonyl (C=O) groups is 2. The second kappa shape index (κ2) is 8.14. The summed E-state index contributed by atoms with van der Waals surface area (Å²) in [6.45, 7) is 8.61. The zero-order valence-electron chi connectivity index (χ0n) is 16.9. The van der Waals surface area contributed by atoms with Gasteiger partial charge in [0.15, 0.2) is 5.60 Å². The van der Waals surface area contributed by atoms with Crippen molar-refractivity contribution in [1.29, 1.82) is 0 Å². The van der Waals surface area contributed by atoms with Crippen LogP contribution in [0.2, 0.25) is 5.02 Å². The number of hydrogen-bond acceptors (Lipinski definition) is 4. The van der Waals surface area contributed by atoms with Gasteiger partial charge in [-0.3, -0.25) is 9.59 Å². The van der Waals surface area contributed by atoms with Gasteiger partial charge in [-0.05, 0) is 37.7 Å². The number of nitrogens with two attached hydrogens (primary N) is 1. The average Bonchev–Trinajstić information content (AvgIpc) is 2.91. The Labute approximate surface area is 175 Å². The molecule has 3 N–H and O–H groups in total. The molecule has 7 heteroatoms. The Morgan fingerprint density at radius 2 is 1.90 bits per heavy atom. The average molecular weight is 416 g/mol. The van der Waals surface area contributed by atoms with Gasteiger partial charge in [-0.25, -0.2) is 0 Å². The fourth-order valence-electron chi connectivity index (χ4n) is 3.95. The molecular formula is C22H26ClN3O3. The smallest absolute Gasteiger partial charge is 0.268 e. The normalized spacial score (nSPS) is 18.4. The van der Waals surface area contributed by atoms with Crippen molar-refractivity contribution in [2.75, 3.05) is 31.1 Å². The lowest BCUT2D eigenvalue weighted by Gasteiger charge is -2.27. The molecule has 1 aliphatic rings. The number of fused-ring (bicyclic) bond motifs is 1. The predicted molar refractivity (Wildman–Crippen MR) is 114 cm³/mol. The molecule has 1 heterocycles. The molecule has 0 aromatic heterocycles. The van der Waals surface area contributed by atoms with Gasteiger partial charge in [0.1, 0.15) is 0 Å². The van der Waals surface area contributed by atoms with Crippen molar-refractivity contribution in [3.63, 3.8) is 0 Å². The molecule has 1 aliphatic heterocycles. The lowest BCUT2D eigenvalue weighted by atomic mass is 9.84. The molecule has 6 nitrogen and oxygen atoms in total. The summed E-state index contributed by atoms with van der Waals surface area (Å²) < 4.78 is 0. The number of likely N-dealkylation sites (N-methyl/N-ethyl adjacent to an activating group) is 1. The SMILES string of the molecule is CCN(CC)CCN1C(=O)C(O)(c2ccccc2C)c2c(Cl)cc(C(N)=O)cc21. The number of amides is 2. The molecule has 0 saturated heterocycles. The molecule has 0 aliphatic carbocycles. The van der Waals surface area contributed by atoms with E-state index in [0.29, 0.717) is 29.9 Å². The molecule has 3 rings (SSSR count). The number of benzene rings is 2. The van der Waals surface area contributed by atoms with Gasteiger partial charge in [-0.15, -0.1) is 0 Å². The van der Waals surface area contributed by atoms with Gasteiger partial charge in [-0.2, -0.15) is 0 Å². The van der Waals surface area contributed by atoms with Gasteiger partial charge in [0.05, 0.1) is 10.7 Å². The van der Waals surface area contributed by atoms with Crippen molar-refractivity contribution in [1.82, 2.24) is 4.90 Å².